The van der Waals surface area contributed by atoms with Crippen LogP contribution in [0.1, 0.15) is 24.6 Å². The molecule has 0 radical (unpaired) electrons. The monoisotopic (exact) mass is 281 g/mol. The van der Waals surface area contributed by atoms with E-state index in [-0.39, 0.29) is 0 Å². The lowest BCUT2D eigenvalue weighted by Gasteiger charge is -2.05. The third-order valence-electron chi connectivity index (χ3n) is 3.45. The van der Waals surface area contributed by atoms with Crippen LogP contribution in [0.5, 0.6) is 0 Å². The van der Waals surface area contributed by atoms with Crippen LogP contribution in [0.25, 0.3) is 17.2 Å². The fraction of sp³-hybridized carbons (Fsp3) is 0.200. The van der Waals surface area contributed by atoms with E-state index in [4.69, 9.17) is 0 Å². The van der Waals surface area contributed by atoms with Crippen LogP contribution in [0.15, 0.2) is 42.9 Å². The first-order valence-corrected chi connectivity index (χ1v) is 6.81. The van der Waals surface area contributed by atoms with E-state index in [1.807, 2.05) is 18.2 Å². The summed E-state index contributed by atoms with van der Waals surface area (Å²) in [5, 5.41) is 4.52. The first-order valence-electron chi connectivity index (χ1n) is 6.81. The zero-order chi connectivity index (χ0) is 14.2. The lowest BCUT2D eigenvalue weighted by molar-refractivity contribution is 0.622. The molecule has 0 saturated heterocycles. The highest BCUT2D eigenvalue weighted by Gasteiger charge is 2.30. The Morgan fingerprint density at radius 3 is 2.76 bits per heavy atom. The van der Waals surface area contributed by atoms with Gasteiger partial charge in [-0.1, -0.05) is 6.07 Å². The molecule has 3 heterocycles. The molecule has 0 aromatic carbocycles. The molecule has 4 rings (SSSR count). The molecule has 0 bridgehead atoms. The minimum absolute atomic E-state index is 0.384. The summed E-state index contributed by atoms with van der Waals surface area (Å²) >= 11 is 0. The van der Waals surface area contributed by atoms with E-state index in [0.29, 0.717) is 23.1 Å². The molecule has 5 nitrogen and oxygen atoms in total. The van der Waals surface area contributed by atoms with E-state index in [9.17, 15) is 4.39 Å². The Morgan fingerprint density at radius 2 is 2.05 bits per heavy atom. The topological polar surface area (TPSA) is 56.5 Å². The summed E-state index contributed by atoms with van der Waals surface area (Å²) in [5.74, 6) is 1.83. The normalized spacial score (nSPS) is 14.3. The van der Waals surface area contributed by atoms with Crippen LogP contribution >= 0.6 is 0 Å². The van der Waals surface area contributed by atoms with Gasteiger partial charge in [-0.25, -0.2) is 14.4 Å². The fourth-order valence-electron chi connectivity index (χ4n) is 2.21. The summed E-state index contributed by atoms with van der Waals surface area (Å²) in [6, 6.07) is 7.13. The quantitative estimate of drug-likeness (QED) is 0.740. The first kappa shape index (κ1) is 12.1. The Kier molecular flexibility index (Phi) is 2.73. The SMILES string of the molecule is Fc1cnccc1-c1nc(C2CC2)nn1-c1ccccn1. The van der Waals surface area contributed by atoms with E-state index < -0.39 is 5.82 Å². The Morgan fingerprint density at radius 1 is 1.14 bits per heavy atom. The van der Waals surface area contributed by atoms with Crippen LogP contribution in [-0.4, -0.2) is 24.7 Å². The van der Waals surface area contributed by atoms with Gasteiger partial charge in [0, 0.05) is 18.3 Å². The molecule has 1 aliphatic rings. The molecule has 0 N–H and O–H groups in total. The van der Waals surface area contributed by atoms with Gasteiger partial charge >= 0.3 is 0 Å². The van der Waals surface area contributed by atoms with Crippen molar-refractivity contribution in [2.24, 2.45) is 0 Å². The maximum absolute atomic E-state index is 14.0. The van der Waals surface area contributed by atoms with Crippen LogP contribution in [-0.2, 0) is 0 Å². The standard InChI is InChI=1S/C15H12FN5/c16-12-9-17-8-6-11(12)15-19-14(10-4-5-10)20-21(15)13-3-1-2-7-18-13/h1-3,6-10H,4-5H2. The molecule has 0 amide bonds. The van der Waals surface area contributed by atoms with Gasteiger partial charge in [0.2, 0.25) is 0 Å². The highest BCUT2D eigenvalue weighted by atomic mass is 19.1. The molecule has 0 atom stereocenters. The number of halogens is 1. The van der Waals surface area contributed by atoms with Gasteiger partial charge in [-0.2, -0.15) is 4.68 Å². The molecule has 21 heavy (non-hydrogen) atoms. The number of hydrogen-bond acceptors (Lipinski definition) is 4. The van der Waals surface area contributed by atoms with Crippen molar-refractivity contribution in [1.29, 1.82) is 0 Å². The average molecular weight is 281 g/mol. The molecule has 0 aliphatic heterocycles. The molecule has 1 fully saturated rings. The van der Waals surface area contributed by atoms with Crippen molar-refractivity contribution in [2.75, 3.05) is 0 Å². The van der Waals surface area contributed by atoms with Crippen LogP contribution in [0.4, 0.5) is 4.39 Å². The molecule has 1 aliphatic carbocycles. The third-order valence-corrected chi connectivity index (χ3v) is 3.45. The molecular formula is C15H12FN5. The molecule has 3 aromatic rings. The lowest BCUT2D eigenvalue weighted by atomic mass is 10.2. The largest absolute Gasteiger partial charge is 0.262 e. The van der Waals surface area contributed by atoms with Crippen molar-refractivity contribution < 1.29 is 4.39 Å². The highest BCUT2D eigenvalue weighted by Crippen LogP contribution is 2.39. The Bertz CT molecular complexity index is 780. The van der Waals surface area contributed by atoms with Gasteiger partial charge in [-0.05, 0) is 31.0 Å². The number of hydrogen-bond donors (Lipinski definition) is 0. The van der Waals surface area contributed by atoms with Crippen molar-refractivity contribution in [3.8, 4) is 17.2 Å². The van der Waals surface area contributed by atoms with Crippen LogP contribution in [0.2, 0.25) is 0 Å². The minimum atomic E-state index is -0.413. The van der Waals surface area contributed by atoms with Crippen LogP contribution in [0, 0.1) is 5.82 Å². The van der Waals surface area contributed by atoms with E-state index in [1.54, 1.807) is 23.1 Å². The Labute approximate surface area is 120 Å². The second kappa shape index (κ2) is 4.73. The highest BCUT2D eigenvalue weighted by molar-refractivity contribution is 5.57. The molecular weight excluding hydrogens is 269 g/mol. The molecule has 1 saturated carbocycles. The summed E-state index contributed by atoms with van der Waals surface area (Å²) < 4.78 is 15.6. The van der Waals surface area contributed by atoms with E-state index >= 15 is 0 Å². The summed E-state index contributed by atoms with van der Waals surface area (Å²) in [7, 11) is 0. The van der Waals surface area contributed by atoms with Gasteiger partial charge in [-0.15, -0.1) is 5.10 Å². The minimum Gasteiger partial charge on any atom is -0.262 e. The molecule has 6 heteroatoms. The zero-order valence-electron chi connectivity index (χ0n) is 11.1. The van der Waals surface area contributed by atoms with Gasteiger partial charge in [0.05, 0.1) is 11.8 Å². The smallest absolute Gasteiger partial charge is 0.168 e. The Hall–Kier alpha value is -2.63. The third kappa shape index (κ3) is 2.18. The number of aromatic nitrogens is 5. The summed E-state index contributed by atoms with van der Waals surface area (Å²) in [5.41, 5.74) is 0.384. The molecule has 104 valence electrons. The molecule has 0 spiro atoms. The molecule has 0 unspecified atom stereocenters. The predicted octanol–water partition coefficient (Wildman–Crippen LogP) is 2.74. The fourth-order valence-corrected chi connectivity index (χ4v) is 2.21. The Balaban J connectivity index is 1.91. The van der Waals surface area contributed by atoms with Crippen molar-refractivity contribution in [2.45, 2.75) is 18.8 Å². The maximum Gasteiger partial charge on any atom is 0.168 e. The van der Waals surface area contributed by atoms with Gasteiger partial charge in [0.1, 0.15) is 0 Å². The van der Waals surface area contributed by atoms with Crippen molar-refractivity contribution in [1.82, 2.24) is 24.7 Å². The van der Waals surface area contributed by atoms with Gasteiger partial charge in [-0.3, -0.25) is 4.98 Å². The number of nitrogens with zero attached hydrogens (tertiary/aromatic N) is 5. The predicted molar refractivity (Wildman–Crippen MR) is 74.3 cm³/mol. The van der Waals surface area contributed by atoms with Gasteiger partial charge in [0.25, 0.3) is 0 Å². The molecule has 3 aromatic heterocycles. The summed E-state index contributed by atoms with van der Waals surface area (Å²) in [4.78, 5) is 12.6. The van der Waals surface area contributed by atoms with Crippen molar-refractivity contribution in [3.63, 3.8) is 0 Å². The van der Waals surface area contributed by atoms with Gasteiger partial charge < -0.3 is 0 Å². The lowest BCUT2D eigenvalue weighted by Crippen LogP contribution is -2.03. The van der Waals surface area contributed by atoms with Crippen LogP contribution < -0.4 is 0 Å². The number of rotatable bonds is 3. The van der Waals surface area contributed by atoms with E-state index in [1.165, 1.54) is 6.20 Å². The van der Waals surface area contributed by atoms with E-state index in [2.05, 4.69) is 20.1 Å². The second-order valence-electron chi connectivity index (χ2n) is 5.02. The summed E-state index contributed by atoms with van der Waals surface area (Å²) in [6.45, 7) is 0. The number of pyridine rings is 2. The van der Waals surface area contributed by atoms with Crippen LogP contribution in [0.3, 0.4) is 0 Å². The zero-order valence-corrected chi connectivity index (χ0v) is 11.1. The summed E-state index contributed by atoms with van der Waals surface area (Å²) in [6.07, 6.45) is 6.59. The average Bonchev–Trinajstić information content (AvgIpc) is 3.28. The van der Waals surface area contributed by atoms with E-state index in [0.717, 1.165) is 18.7 Å². The first-order chi connectivity index (χ1) is 10.3. The van der Waals surface area contributed by atoms with Gasteiger partial charge in [0.15, 0.2) is 23.3 Å². The van der Waals surface area contributed by atoms with Crippen molar-refractivity contribution in [3.05, 3.63) is 54.5 Å². The van der Waals surface area contributed by atoms with Crippen molar-refractivity contribution >= 4 is 0 Å². The maximum atomic E-state index is 14.0. The second-order valence-corrected chi connectivity index (χ2v) is 5.02.